The van der Waals surface area contributed by atoms with Crippen LogP contribution >= 0.6 is 0 Å². The van der Waals surface area contributed by atoms with Gasteiger partial charge in [-0.3, -0.25) is 4.18 Å². The molecule has 1 fully saturated rings. The molecular formula is C17H26O3S. The fraction of sp³-hybridized carbons (Fsp3) is 0.647. The fourth-order valence-corrected chi connectivity index (χ4v) is 3.94. The summed E-state index contributed by atoms with van der Waals surface area (Å²) < 4.78 is 30.2. The molecule has 1 saturated carbocycles. The zero-order chi connectivity index (χ0) is 15.1. The van der Waals surface area contributed by atoms with Crippen molar-refractivity contribution in [2.45, 2.75) is 75.7 Å². The number of rotatable bonds is 3. The third-order valence-electron chi connectivity index (χ3n) is 4.12. The molecular weight excluding hydrogens is 284 g/mol. The van der Waals surface area contributed by atoms with Crippen LogP contribution in [0.25, 0.3) is 0 Å². The van der Waals surface area contributed by atoms with Crippen LogP contribution in [-0.4, -0.2) is 14.5 Å². The lowest BCUT2D eigenvalue weighted by molar-refractivity contribution is 0.178. The van der Waals surface area contributed by atoms with E-state index in [1.165, 1.54) is 32.1 Å². The number of hydrogen-bond acceptors (Lipinski definition) is 3. The molecule has 1 aliphatic carbocycles. The Morgan fingerprint density at radius 3 is 1.86 bits per heavy atom. The third-order valence-corrected chi connectivity index (χ3v) is 5.50. The van der Waals surface area contributed by atoms with Crippen LogP contribution in [-0.2, 0) is 14.3 Å². The Morgan fingerprint density at radius 2 is 1.33 bits per heavy atom. The molecule has 2 rings (SSSR count). The molecule has 0 N–H and O–H groups in total. The van der Waals surface area contributed by atoms with E-state index in [4.69, 9.17) is 4.18 Å². The van der Waals surface area contributed by atoms with Crippen molar-refractivity contribution in [3.63, 3.8) is 0 Å². The van der Waals surface area contributed by atoms with E-state index in [1.54, 1.807) is 12.1 Å². The summed E-state index contributed by atoms with van der Waals surface area (Å²) in [6, 6.07) is 6.88. The van der Waals surface area contributed by atoms with Gasteiger partial charge in [-0.15, -0.1) is 0 Å². The first-order chi connectivity index (χ1) is 10.1. The molecule has 21 heavy (non-hydrogen) atoms. The van der Waals surface area contributed by atoms with Crippen LogP contribution in [0.3, 0.4) is 0 Å². The minimum Gasteiger partial charge on any atom is -0.263 e. The molecule has 0 aromatic heterocycles. The summed E-state index contributed by atoms with van der Waals surface area (Å²) >= 11 is 0. The van der Waals surface area contributed by atoms with Gasteiger partial charge < -0.3 is 0 Å². The van der Waals surface area contributed by atoms with E-state index >= 15 is 0 Å². The van der Waals surface area contributed by atoms with Crippen LogP contribution in [0.2, 0.25) is 0 Å². The van der Waals surface area contributed by atoms with E-state index < -0.39 is 10.1 Å². The van der Waals surface area contributed by atoms with Gasteiger partial charge in [0.1, 0.15) is 0 Å². The van der Waals surface area contributed by atoms with Gasteiger partial charge >= 0.3 is 0 Å². The molecule has 0 aliphatic heterocycles. The Labute approximate surface area is 128 Å². The SMILES string of the molecule is Cc1ccc(S(=O)(=O)OC2CCCCCCCCC2)cc1. The van der Waals surface area contributed by atoms with Gasteiger partial charge in [-0.1, -0.05) is 62.6 Å². The maximum absolute atomic E-state index is 12.3. The predicted molar refractivity (Wildman–Crippen MR) is 84.8 cm³/mol. The lowest BCUT2D eigenvalue weighted by Gasteiger charge is -2.19. The molecule has 4 heteroatoms. The zero-order valence-corrected chi connectivity index (χ0v) is 13.7. The number of benzene rings is 1. The van der Waals surface area contributed by atoms with Gasteiger partial charge in [-0.05, 0) is 31.9 Å². The first-order valence-electron chi connectivity index (χ1n) is 8.08. The first-order valence-corrected chi connectivity index (χ1v) is 9.49. The summed E-state index contributed by atoms with van der Waals surface area (Å²) in [5.74, 6) is 0. The van der Waals surface area contributed by atoms with Crippen LogP contribution in [0, 0.1) is 6.92 Å². The van der Waals surface area contributed by atoms with Gasteiger partial charge in [-0.25, -0.2) is 0 Å². The van der Waals surface area contributed by atoms with Gasteiger partial charge in [0, 0.05) is 0 Å². The number of aryl methyl sites for hydroxylation is 1. The highest BCUT2D eigenvalue weighted by atomic mass is 32.2. The minimum absolute atomic E-state index is 0.158. The number of hydrogen-bond donors (Lipinski definition) is 0. The normalized spacial score (nSPS) is 19.3. The summed E-state index contributed by atoms with van der Waals surface area (Å²) in [5.41, 5.74) is 1.05. The van der Waals surface area contributed by atoms with E-state index in [0.717, 1.165) is 31.2 Å². The highest BCUT2D eigenvalue weighted by Crippen LogP contribution is 2.23. The van der Waals surface area contributed by atoms with Crippen molar-refractivity contribution in [1.82, 2.24) is 0 Å². The maximum Gasteiger partial charge on any atom is 0.297 e. The summed E-state index contributed by atoms with van der Waals surface area (Å²) in [4.78, 5) is 0.269. The fourth-order valence-electron chi connectivity index (χ4n) is 2.81. The van der Waals surface area contributed by atoms with Crippen molar-refractivity contribution >= 4 is 10.1 Å². The Hall–Kier alpha value is -0.870. The molecule has 1 aliphatic rings. The third kappa shape index (κ3) is 5.44. The topological polar surface area (TPSA) is 43.4 Å². The van der Waals surface area contributed by atoms with Gasteiger partial charge in [0.15, 0.2) is 0 Å². The molecule has 118 valence electrons. The Morgan fingerprint density at radius 1 is 0.857 bits per heavy atom. The van der Waals surface area contributed by atoms with Crippen molar-refractivity contribution in [2.24, 2.45) is 0 Å². The molecule has 3 nitrogen and oxygen atoms in total. The van der Waals surface area contributed by atoms with E-state index in [0.29, 0.717) is 0 Å². The molecule has 0 unspecified atom stereocenters. The van der Waals surface area contributed by atoms with Crippen LogP contribution < -0.4 is 0 Å². The van der Waals surface area contributed by atoms with Crippen LogP contribution in [0.15, 0.2) is 29.2 Å². The van der Waals surface area contributed by atoms with E-state index in [9.17, 15) is 8.42 Å². The molecule has 0 saturated heterocycles. The Balaban J connectivity index is 2.00. The highest BCUT2D eigenvalue weighted by molar-refractivity contribution is 7.86. The Bertz CT molecular complexity index is 509. The lowest BCUT2D eigenvalue weighted by atomic mass is 9.99. The maximum atomic E-state index is 12.3. The average molecular weight is 310 g/mol. The van der Waals surface area contributed by atoms with Crippen molar-refractivity contribution in [2.75, 3.05) is 0 Å². The van der Waals surface area contributed by atoms with Gasteiger partial charge in [-0.2, -0.15) is 8.42 Å². The lowest BCUT2D eigenvalue weighted by Crippen LogP contribution is -2.19. The van der Waals surface area contributed by atoms with Crippen LogP contribution in [0.4, 0.5) is 0 Å². The van der Waals surface area contributed by atoms with E-state index in [-0.39, 0.29) is 11.0 Å². The van der Waals surface area contributed by atoms with Crippen molar-refractivity contribution < 1.29 is 12.6 Å². The summed E-state index contributed by atoms with van der Waals surface area (Å²) in [7, 11) is -3.63. The molecule has 1 aromatic rings. The molecule has 0 bridgehead atoms. The summed E-state index contributed by atoms with van der Waals surface area (Å²) in [6.45, 7) is 1.94. The molecule has 0 amide bonds. The molecule has 0 radical (unpaired) electrons. The van der Waals surface area contributed by atoms with Crippen molar-refractivity contribution in [3.05, 3.63) is 29.8 Å². The molecule has 0 heterocycles. The monoisotopic (exact) mass is 310 g/mol. The second kappa shape index (κ2) is 7.95. The van der Waals surface area contributed by atoms with Crippen LogP contribution in [0.1, 0.15) is 63.4 Å². The zero-order valence-electron chi connectivity index (χ0n) is 12.9. The largest absolute Gasteiger partial charge is 0.297 e. The van der Waals surface area contributed by atoms with Gasteiger partial charge in [0.2, 0.25) is 0 Å². The van der Waals surface area contributed by atoms with E-state index in [2.05, 4.69) is 0 Å². The molecule has 0 spiro atoms. The quantitative estimate of drug-likeness (QED) is 0.767. The summed E-state index contributed by atoms with van der Waals surface area (Å²) in [6.07, 6.45) is 9.88. The van der Waals surface area contributed by atoms with E-state index in [1.807, 2.05) is 19.1 Å². The van der Waals surface area contributed by atoms with Gasteiger partial charge in [0.25, 0.3) is 10.1 Å². The molecule has 1 aromatic carbocycles. The molecule has 0 atom stereocenters. The highest BCUT2D eigenvalue weighted by Gasteiger charge is 2.21. The van der Waals surface area contributed by atoms with Crippen molar-refractivity contribution in [3.8, 4) is 0 Å². The smallest absolute Gasteiger partial charge is 0.263 e. The summed E-state index contributed by atoms with van der Waals surface area (Å²) in [5, 5.41) is 0. The predicted octanol–water partition coefficient (Wildman–Crippen LogP) is 4.59. The minimum atomic E-state index is -3.63. The average Bonchev–Trinajstić information content (AvgIpc) is 2.46. The second-order valence-corrected chi connectivity index (χ2v) is 7.61. The van der Waals surface area contributed by atoms with Crippen molar-refractivity contribution in [1.29, 1.82) is 0 Å². The van der Waals surface area contributed by atoms with Gasteiger partial charge in [0.05, 0.1) is 11.0 Å². The standard InChI is InChI=1S/C17H26O3S/c1-15-11-13-17(14-12-15)21(18,19)20-16-9-7-5-3-2-4-6-8-10-16/h11-14,16H,2-10H2,1H3. The Kier molecular flexibility index (Phi) is 6.24. The first kappa shape index (κ1) is 16.5. The van der Waals surface area contributed by atoms with Crippen LogP contribution in [0.5, 0.6) is 0 Å². The second-order valence-electron chi connectivity index (χ2n) is 6.04.